The number of hydrogen-bond acceptors (Lipinski definition) is 3. The highest BCUT2D eigenvalue weighted by Gasteiger charge is 2.30. The van der Waals surface area contributed by atoms with E-state index in [1.807, 2.05) is 18.2 Å². The van der Waals surface area contributed by atoms with Crippen LogP contribution in [-0.4, -0.2) is 28.8 Å². The molecule has 3 heteroatoms. The first-order valence-corrected chi connectivity index (χ1v) is 5.12. The molecule has 3 nitrogen and oxygen atoms in total. The van der Waals surface area contributed by atoms with Gasteiger partial charge in [-0.25, -0.2) is 0 Å². The molecule has 1 aromatic rings. The summed E-state index contributed by atoms with van der Waals surface area (Å²) in [6.07, 6.45) is 4.32. The van der Waals surface area contributed by atoms with Crippen molar-refractivity contribution in [1.29, 1.82) is 0 Å². The SMILES string of the molecule is OC1(CCc2ccccn2)CCNC1. The van der Waals surface area contributed by atoms with Gasteiger partial charge >= 0.3 is 0 Å². The first-order valence-electron chi connectivity index (χ1n) is 5.12. The minimum Gasteiger partial charge on any atom is -0.389 e. The van der Waals surface area contributed by atoms with Crippen molar-refractivity contribution >= 4 is 0 Å². The van der Waals surface area contributed by atoms with Crippen molar-refractivity contribution in [2.75, 3.05) is 13.1 Å². The van der Waals surface area contributed by atoms with Gasteiger partial charge in [0.25, 0.3) is 0 Å². The highest BCUT2D eigenvalue weighted by atomic mass is 16.3. The van der Waals surface area contributed by atoms with Gasteiger partial charge in [0.2, 0.25) is 0 Å². The van der Waals surface area contributed by atoms with Crippen LogP contribution in [-0.2, 0) is 6.42 Å². The van der Waals surface area contributed by atoms with Crippen LogP contribution >= 0.6 is 0 Å². The van der Waals surface area contributed by atoms with Crippen LogP contribution in [0.15, 0.2) is 24.4 Å². The van der Waals surface area contributed by atoms with E-state index in [4.69, 9.17) is 0 Å². The summed E-state index contributed by atoms with van der Waals surface area (Å²) in [7, 11) is 0. The zero-order valence-corrected chi connectivity index (χ0v) is 8.24. The lowest BCUT2D eigenvalue weighted by Crippen LogP contribution is -2.31. The number of nitrogens with zero attached hydrogens (tertiary/aromatic N) is 1. The molecule has 76 valence electrons. The quantitative estimate of drug-likeness (QED) is 0.742. The summed E-state index contributed by atoms with van der Waals surface area (Å²) in [6.45, 7) is 1.65. The third kappa shape index (κ3) is 2.30. The minimum absolute atomic E-state index is 0.502. The average Bonchev–Trinajstić information content (AvgIpc) is 2.65. The van der Waals surface area contributed by atoms with Gasteiger partial charge in [-0.3, -0.25) is 4.98 Å². The van der Waals surface area contributed by atoms with Crippen LogP contribution < -0.4 is 5.32 Å². The number of hydrogen-bond donors (Lipinski definition) is 2. The molecule has 2 rings (SSSR count). The highest BCUT2D eigenvalue weighted by Crippen LogP contribution is 2.20. The summed E-state index contributed by atoms with van der Waals surface area (Å²) in [5.74, 6) is 0. The van der Waals surface area contributed by atoms with E-state index in [1.54, 1.807) is 6.20 Å². The summed E-state index contributed by atoms with van der Waals surface area (Å²) in [6, 6.07) is 5.90. The summed E-state index contributed by atoms with van der Waals surface area (Å²) >= 11 is 0. The van der Waals surface area contributed by atoms with Crippen LogP contribution in [0.4, 0.5) is 0 Å². The molecule has 1 saturated heterocycles. The van der Waals surface area contributed by atoms with E-state index in [0.29, 0.717) is 0 Å². The molecule has 0 aliphatic carbocycles. The van der Waals surface area contributed by atoms with Crippen molar-refractivity contribution in [1.82, 2.24) is 10.3 Å². The minimum atomic E-state index is -0.502. The summed E-state index contributed by atoms with van der Waals surface area (Å²) in [5.41, 5.74) is 0.560. The zero-order chi connectivity index (χ0) is 9.86. The lowest BCUT2D eigenvalue weighted by atomic mass is 9.96. The Hall–Kier alpha value is -0.930. The maximum absolute atomic E-state index is 10.1. The average molecular weight is 192 g/mol. The fraction of sp³-hybridized carbons (Fsp3) is 0.545. The number of pyridine rings is 1. The molecule has 1 unspecified atom stereocenters. The first kappa shape index (κ1) is 9.62. The van der Waals surface area contributed by atoms with Gasteiger partial charge < -0.3 is 10.4 Å². The van der Waals surface area contributed by atoms with E-state index >= 15 is 0 Å². The molecule has 14 heavy (non-hydrogen) atoms. The number of β-amino-alcohol motifs (C(OH)–C–C–N with tert-alkyl or cyclic N) is 1. The predicted molar refractivity (Wildman–Crippen MR) is 55.0 cm³/mol. The second-order valence-electron chi connectivity index (χ2n) is 3.97. The van der Waals surface area contributed by atoms with Gasteiger partial charge in [0.1, 0.15) is 0 Å². The van der Waals surface area contributed by atoms with E-state index in [-0.39, 0.29) is 0 Å². The Morgan fingerprint density at radius 2 is 2.43 bits per heavy atom. The normalized spacial score (nSPS) is 26.6. The Morgan fingerprint density at radius 1 is 1.50 bits per heavy atom. The molecular formula is C11H16N2O. The van der Waals surface area contributed by atoms with Crippen molar-refractivity contribution < 1.29 is 5.11 Å². The Labute approximate surface area is 84.2 Å². The van der Waals surface area contributed by atoms with Crippen LogP contribution in [0.25, 0.3) is 0 Å². The lowest BCUT2D eigenvalue weighted by molar-refractivity contribution is 0.0524. The smallest absolute Gasteiger partial charge is 0.0787 e. The van der Waals surface area contributed by atoms with Gasteiger partial charge in [-0.1, -0.05) is 6.07 Å². The van der Waals surface area contributed by atoms with Crippen LogP contribution in [0.3, 0.4) is 0 Å². The van der Waals surface area contributed by atoms with Gasteiger partial charge in [-0.15, -0.1) is 0 Å². The molecule has 1 aromatic heterocycles. The van der Waals surface area contributed by atoms with Crippen molar-refractivity contribution in [3.05, 3.63) is 30.1 Å². The van der Waals surface area contributed by atoms with Crippen LogP contribution in [0, 0.1) is 0 Å². The fourth-order valence-corrected chi connectivity index (χ4v) is 1.85. The van der Waals surface area contributed by atoms with Gasteiger partial charge in [0.05, 0.1) is 5.60 Å². The molecule has 1 aliphatic heterocycles. The molecule has 1 aliphatic rings. The zero-order valence-electron chi connectivity index (χ0n) is 8.24. The molecule has 0 saturated carbocycles. The maximum Gasteiger partial charge on any atom is 0.0787 e. The monoisotopic (exact) mass is 192 g/mol. The summed E-state index contributed by atoms with van der Waals surface area (Å²) < 4.78 is 0. The highest BCUT2D eigenvalue weighted by molar-refractivity contribution is 5.05. The molecule has 1 atom stereocenters. The van der Waals surface area contributed by atoms with Gasteiger partial charge in [0.15, 0.2) is 0 Å². The topological polar surface area (TPSA) is 45.2 Å². The second kappa shape index (κ2) is 4.07. The van der Waals surface area contributed by atoms with E-state index < -0.39 is 5.60 Å². The van der Waals surface area contributed by atoms with Crippen LogP contribution in [0.2, 0.25) is 0 Å². The molecule has 0 radical (unpaired) electrons. The van der Waals surface area contributed by atoms with E-state index in [2.05, 4.69) is 10.3 Å². The molecule has 0 amide bonds. The summed E-state index contributed by atoms with van der Waals surface area (Å²) in [5, 5.41) is 13.2. The predicted octanol–water partition coefficient (Wildman–Crippen LogP) is 0.739. The van der Waals surface area contributed by atoms with Gasteiger partial charge in [0, 0.05) is 18.4 Å². The third-order valence-corrected chi connectivity index (χ3v) is 2.79. The van der Waals surface area contributed by atoms with Crippen molar-refractivity contribution in [2.45, 2.75) is 24.9 Å². The lowest BCUT2D eigenvalue weighted by Gasteiger charge is -2.20. The number of rotatable bonds is 3. The first-order chi connectivity index (χ1) is 6.79. The summed E-state index contributed by atoms with van der Waals surface area (Å²) in [4.78, 5) is 4.24. The van der Waals surface area contributed by atoms with Gasteiger partial charge in [-0.05, 0) is 37.9 Å². The molecular weight excluding hydrogens is 176 g/mol. The number of aliphatic hydroxyl groups is 1. The largest absolute Gasteiger partial charge is 0.389 e. The standard InChI is InChI=1S/C11H16N2O/c14-11(6-8-12-9-11)5-4-10-3-1-2-7-13-10/h1-3,7,12,14H,4-6,8-9H2. The van der Waals surface area contributed by atoms with Crippen molar-refractivity contribution in [2.24, 2.45) is 0 Å². The Balaban J connectivity index is 1.88. The fourth-order valence-electron chi connectivity index (χ4n) is 1.85. The van der Waals surface area contributed by atoms with Crippen LogP contribution in [0.1, 0.15) is 18.5 Å². The molecule has 1 fully saturated rings. The number of aromatic nitrogens is 1. The molecule has 0 bridgehead atoms. The molecule has 2 N–H and O–H groups in total. The molecule has 0 aromatic carbocycles. The Morgan fingerprint density at radius 3 is 3.07 bits per heavy atom. The molecule has 2 heterocycles. The second-order valence-corrected chi connectivity index (χ2v) is 3.97. The van der Waals surface area contributed by atoms with E-state index in [1.165, 1.54) is 0 Å². The maximum atomic E-state index is 10.1. The van der Waals surface area contributed by atoms with E-state index in [0.717, 1.165) is 38.0 Å². The Bertz CT molecular complexity index is 281. The van der Waals surface area contributed by atoms with Gasteiger partial charge in [-0.2, -0.15) is 0 Å². The van der Waals surface area contributed by atoms with Crippen LogP contribution in [0.5, 0.6) is 0 Å². The number of nitrogens with one attached hydrogen (secondary N) is 1. The van der Waals surface area contributed by atoms with Crippen molar-refractivity contribution in [3.63, 3.8) is 0 Å². The Kier molecular flexibility index (Phi) is 2.79. The number of aryl methyl sites for hydroxylation is 1. The van der Waals surface area contributed by atoms with Crippen molar-refractivity contribution in [3.8, 4) is 0 Å². The third-order valence-electron chi connectivity index (χ3n) is 2.79. The molecule has 0 spiro atoms. The van der Waals surface area contributed by atoms with E-state index in [9.17, 15) is 5.11 Å².